The first-order valence-electron chi connectivity index (χ1n) is 9.75. The molecule has 0 saturated carbocycles. The predicted molar refractivity (Wildman–Crippen MR) is 118 cm³/mol. The minimum Gasteiger partial charge on any atom is -0.496 e. The topological polar surface area (TPSA) is 60.2 Å². The molecule has 158 valence electrons. The summed E-state index contributed by atoms with van der Waals surface area (Å²) in [5, 5.41) is 4.84. The molecule has 0 fully saturated rings. The van der Waals surface area contributed by atoms with Gasteiger partial charge in [0.05, 0.1) is 37.2 Å². The second-order valence-corrected chi connectivity index (χ2v) is 7.96. The summed E-state index contributed by atoms with van der Waals surface area (Å²) < 4.78 is 7.14. The minimum absolute atomic E-state index is 0.187. The van der Waals surface area contributed by atoms with Gasteiger partial charge in [0.25, 0.3) is 5.91 Å². The third-order valence-electron chi connectivity index (χ3n) is 5.22. The molecule has 2 heterocycles. The number of ether oxygens (including phenoxy) is 1. The van der Waals surface area contributed by atoms with Gasteiger partial charge in [0.2, 0.25) is 0 Å². The Balaban J connectivity index is 1.83. The van der Waals surface area contributed by atoms with Gasteiger partial charge in [0.15, 0.2) is 0 Å². The summed E-state index contributed by atoms with van der Waals surface area (Å²) >= 11 is 6.57. The number of pyridine rings is 1. The monoisotopic (exact) mass is 426 g/mol. The van der Waals surface area contributed by atoms with Crippen molar-refractivity contribution in [1.29, 1.82) is 0 Å². The van der Waals surface area contributed by atoms with Crippen molar-refractivity contribution in [3.8, 4) is 5.75 Å². The van der Waals surface area contributed by atoms with E-state index in [2.05, 4.69) is 10.1 Å². The lowest BCUT2D eigenvalue weighted by atomic mass is 10.1. The van der Waals surface area contributed by atoms with Crippen LogP contribution in [0.1, 0.15) is 44.0 Å². The van der Waals surface area contributed by atoms with E-state index >= 15 is 0 Å². The highest BCUT2D eigenvalue weighted by Gasteiger charge is 2.24. The van der Waals surface area contributed by atoms with Gasteiger partial charge >= 0.3 is 0 Å². The average Bonchev–Trinajstić information content (AvgIpc) is 2.98. The lowest BCUT2D eigenvalue weighted by Gasteiger charge is -2.19. The second kappa shape index (κ2) is 8.88. The van der Waals surface area contributed by atoms with Crippen LogP contribution in [0.25, 0.3) is 0 Å². The Morgan fingerprint density at radius 3 is 2.47 bits per heavy atom. The fraction of sp³-hybridized carbons (Fsp3) is 0.348. The molecule has 2 aromatic heterocycles. The van der Waals surface area contributed by atoms with E-state index in [0.717, 1.165) is 28.1 Å². The van der Waals surface area contributed by atoms with Crippen LogP contribution in [0.15, 0.2) is 30.5 Å². The van der Waals surface area contributed by atoms with E-state index in [9.17, 15) is 4.79 Å². The molecule has 0 radical (unpaired) electrons. The third kappa shape index (κ3) is 4.33. The molecule has 0 saturated heterocycles. The van der Waals surface area contributed by atoms with E-state index < -0.39 is 0 Å². The Morgan fingerprint density at radius 1 is 1.17 bits per heavy atom. The van der Waals surface area contributed by atoms with Crippen molar-refractivity contribution in [3.05, 3.63) is 74.8 Å². The standard InChI is InChI=1S/C23H27ClN4O2/c1-14-7-9-18(10-8-14)12-28-22(24)20(17(4)26-28)23(29)27(5)13-19-16(3)21(30-6)15(2)11-25-19/h7-11H,12-13H2,1-6H3. The van der Waals surface area contributed by atoms with Gasteiger partial charge < -0.3 is 9.64 Å². The van der Waals surface area contributed by atoms with Gasteiger partial charge in [-0.3, -0.25) is 9.78 Å². The molecule has 0 N–H and O–H groups in total. The summed E-state index contributed by atoms with van der Waals surface area (Å²) in [4.78, 5) is 19.3. The van der Waals surface area contributed by atoms with Crippen molar-refractivity contribution in [1.82, 2.24) is 19.7 Å². The summed E-state index contributed by atoms with van der Waals surface area (Å²) in [6, 6.07) is 8.17. The summed E-state index contributed by atoms with van der Waals surface area (Å²) in [6.45, 7) is 8.60. The predicted octanol–water partition coefficient (Wildman–Crippen LogP) is 4.49. The number of nitrogens with zero attached hydrogens (tertiary/aromatic N) is 4. The minimum atomic E-state index is -0.187. The average molecular weight is 427 g/mol. The molecule has 0 aliphatic heterocycles. The zero-order chi connectivity index (χ0) is 22.0. The van der Waals surface area contributed by atoms with E-state index in [0.29, 0.717) is 29.5 Å². The van der Waals surface area contributed by atoms with Crippen LogP contribution in [0.4, 0.5) is 0 Å². The molecule has 0 atom stereocenters. The normalized spacial score (nSPS) is 10.9. The zero-order valence-corrected chi connectivity index (χ0v) is 19.0. The summed E-state index contributed by atoms with van der Waals surface area (Å²) in [5.41, 5.74) is 5.96. The number of hydrogen-bond donors (Lipinski definition) is 0. The number of carbonyl (C=O) groups excluding carboxylic acids is 1. The van der Waals surface area contributed by atoms with Crippen LogP contribution in [-0.4, -0.2) is 39.7 Å². The van der Waals surface area contributed by atoms with Crippen molar-refractivity contribution in [2.45, 2.75) is 40.8 Å². The molecule has 0 unspecified atom stereocenters. The van der Waals surface area contributed by atoms with Crippen LogP contribution < -0.4 is 4.74 Å². The molecule has 3 rings (SSSR count). The van der Waals surface area contributed by atoms with Gasteiger partial charge in [-0.15, -0.1) is 0 Å². The number of amides is 1. The molecule has 1 amide bonds. The first-order chi connectivity index (χ1) is 14.2. The Hall–Kier alpha value is -2.86. The zero-order valence-electron chi connectivity index (χ0n) is 18.3. The smallest absolute Gasteiger partial charge is 0.258 e. The number of benzene rings is 1. The maximum Gasteiger partial charge on any atom is 0.258 e. The first-order valence-corrected chi connectivity index (χ1v) is 10.1. The van der Waals surface area contributed by atoms with Crippen LogP contribution >= 0.6 is 11.6 Å². The van der Waals surface area contributed by atoms with Gasteiger partial charge in [-0.2, -0.15) is 5.10 Å². The molecule has 0 aliphatic carbocycles. The van der Waals surface area contributed by atoms with E-state index in [-0.39, 0.29) is 5.91 Å². The number of carbonyl (C=O) groups is 1. The molecular formula is C23H27ClN4O2. The van der Waals surface area contributed by atoms with E-state index in [1.165, 1.54) is 5.56 Å². The number of halogens is 1. The van der Waals surface area contributed by atoms with Crippen LogP contribution in [-0.2, 0) is 13.1 Å². The number of rotatable bonds is 6. The van der Waals surface area contributed by atoms with E-state index in [1.807, 2.05) is 45.0 Å². The van der Waals surface area contributed by atoms with Crippen molar-refractivity contribution < 1.29 is 9.53 Å². The van der Waals surface area contributed by atoms with Crippen LogP contribution in [0.3, 0.4) is 0 Å². The molecule has 7 heteroatoms. The number of hydrogen-bond acceptors (Lipinski definition) is 4. The number of methoxy groups -OCH3 is 1. The van der Waals surface area contributed by atoms with Crippen molar-refractivity contribution in [2.24, 2.45) is 0 Å². The SMILES string of the molecule is COc1c(C)cnc(CN(C)C(=O)c2c(C)nn(Cc3ccc(C)cc3)c2Cl)c1C. The van der Waals surface area contributed by atoms with Crippen LogP contribution in [0, 0.1) is 27.7 Å². The van der Waals surface area contributed by atoms with Crippen molar-refractivity contribution >= 4 is 17.5 Å². The Morgan fingerprint density at radius 2 is 1.83 bits per heavy atom. The number of aromatic nitrogens is 3. The fourth-order valence-electron chi connectivity index (χ4n) is 3.49. The Kier molecular flexibility index (Phi) is 6.46. The maximum atomic E-state index is 13.2. The highest BCUT2D eigenvalue weighted by molar-refractivity contribution is 6.33. The third-order valence-corrected chi connectivity index (χ3v) is 5.60. The van der Waals surface area contributed by atoms with Gasteiger partial charge in [-0.1, -0.05) is 41.4 Å². The molecule has 30 heavy (non-hydrogen) atoms. The Bertz CT molecular complexity index is 1070. The van der Waals surface area contributed by atoms with Crippen molar-refractivity contribution in [3.63, 3.8) is 0 Å². The highest BCUT2D eigenvalue weighted by Crippen LogP contribution is 2.26. The highest BCUT2D eigenvalue weighted by atomic mass is 35.5. The molecule has 0 aliphatic rings. The molecule has 0 spiro atoms. The fourth-order valence-corrected chi connectivity index (χ4v) is 3.80. The Labute approximate surface area is 182 Å². The quantitative estimate of drug-likeness (QED) is 0.582. The largest absolute Gasteiger partial charge is 0.496 e. The maximum absolute atomic E-state index is 13.2. The number of aryl methyl sites for hydroxylation is 3. The lowest BCUT2D eigenvalue weighted by molar-refractivity contribution is 0.0782. The summed E-state index contributed by atoms with van der Waals surface area (Å²) in [7, 11) is 3.38. The van der Waals surface area contributed by atoms with E-state index in [1.54, 1.807) is 36.9 Å². The lowest BCUT2D eigenvalue weighted by Crippen LogP contribution is -2.27. The molecule has 0 bridgehead atoms. The van der Waals surface area contributed by atoms with Gasteiger partial charge in [-0.05, 0) is 33.3 Å². The summed E-state index contributed by atoms with van der Waals surface area (Å²) in [6.07, 6.45) is 1.76. The molecular weight excluding hydrogens is 400 g/mol. The molecule has 6 nitrogen and oxygen atoms in total. The molecule has 3 aromatic rings. The van der Waals surface area contributed by atoms with Gasteiger partial charge in [-0.25, -0.2) is 4.68 Å². The van der Waals surface area contributed by atoms with E-state index in [4.69, 9.17) is 16.3 Å². The molecule has 1 aromatic carbocycles. The van der Waals surface area contributed by atoms with Crippen molar-refractivity contribution in [2.75, 3.05) is 14.2 Å². The van der Waals surface area contributed by atoms with Crippen LogP contribution in [0.2, 0.25) is 5.15 Å². The van der Waals surface area contributed by atoms with Gasteiger partial charge in [0, 0.05) is 24.4 Å². The van der Waals surface area contributed by atoms with Gasteiger partial charge in [0.1, 0.15) is 10.9 Å². The second-order valence-electron chi connectivity index (χ2n) is 7.60. The summed E-state index contributed by atoms with van der Waals surface area (Å²) in [5.74, 6) is 0.606. The first kappa shape index (κ1) is 21.8. The van der Waals surface area contributed by atoms with Crippen LogP contribution in [0.5, 0.6) is 5.75 Å².